The Morgan fingerprint density at radius 3 is 2.86 bits per heavy atom. The summed E-state index contributed by atoms with van der Waals surface area (Å²) in [5, 5.41) is 2.75. The topological polar surface area (TPSA) is 107 Å². The van der Waals surface area contributed by atoms with E-state index in [0.717, 1.165) is 18.4 Å². The molecule has 1 unspecified atom stereocenters. The minimum atomic E-state index is -3.71. The van der Waals surface area contributed by atoms with Crippen LogP contribution in [0, 0.1) is 0 Å². The van der Waals surface area contributed by atoms with Gasteiger partial charge in [0.15, 0.2) is 0 Å². The highest BCUT2D eigenvalue weighted by Crippen LogP contribution is 2.15. The van der Waals surface area contributed by atoms with E-state index in [1.807, 2.05) is 0 Å². The smallest absolute Gasteiger partial charge is 0.251 e. The second kappa shape index (κ2) is 9.13. The molecule has 0 spiro atoms. The summed E-state index contributed by atoms with van der Waals surface area (Å²) >= 11 is 0. The molecule has 28 heavy (non-hydrogen) atoms. The number of ether oxygens (including phenoxy) is 2. The van der Waals surface area contributed by atoms with Crippen LogP contribution < -0.4 is 14.8 Å². The van der Waals surface area contributed by atoms with Crippen LogP contribution in [0.5, 0.6) is 5.88 Å². The summed E-state index contributed by atoms with van der Waals surface area (Å²) in [6, 6.07) is 9.43. The van der Waals surface area contributed by atoms with Crippen LogP contribution in [-0.2, 0) is 21.3 Å². The Labute approximate surface area is 164 Å². The van der Waals surface area contributed by atoms with E-state index in [4.69, 9.17) is 9.47 Å². The average Bonchev–Trinajstić information content (AvgIpc) is 3.25. The molecule has 1 aliphatic heterocycles. The van der Waals surface area contributed by atoms with Crippen LogP contribution >= 0.6 is 0 Å². The lowest BCUT2D eigenvalue weighted by Gasteiger charge is -2.12. The van der Waals surface area contributed by atoms with Gasteiger partial charge in [0.25, 0.3) is 5.91 Å². The highest BCUT2D eigenvalue weighted by Gasteiger charge is 2.21. The third kappa shape index (κ3) is 5.28. The molecule has 2 N–H and O–H groups in total. The largest absolute Gasteiger partial charge is 0.481 e. The summed E-state index contributed by atoms with van der Waals surface area (Å²) in [4.78, 5) is 16.5. The predicted octanol–water partition coefficient (Wildman–Crippen LogP) is 1.48. The number of sulfonamides is 1. The molecule has 0 saturated carbocycles. The van der Waals surface area contributed by atoms with Gasteiger partial charge in [-0.25, -0.2) is 18.1 Å². The molecule has 0 radical (unpaired) electrons. The molecule has 2 aromatic rings. The molecule has 1 atom stereocenters. The molecule has 0 aliphatic carbocycles. The Morgan fingerprint density at radius 2 is 2.18 bits per heavy atom. The Hall–Kier alpha value is -2.49. The number of carbonyl (C=O) groups is 1. The van der Waals surface area contributed by atoms with E-state index in [-0.39, 0.29) is 35.6 Å². The Bertz CT molecular complexity index is 909. The molecular weight excluding hydrogens is 382 g/mol. The second-order valence-electron chi connectivity index (χ2n) is 6.41. The first-order valence-electron chi connectivity index (χ1n) is 8.96. The zero-order chi connectivity index (χ0) is 20.0. The zero-order valence-electron chi connectivity index (χ0n) is 15.6. The molecule has 150 valence electrons. The number of pyridine rings is 1. The minimum Gasteiger partial charge on any atom is -0.481 e. The van der Waals surface area contributed by atoms with Gasteiger partial charge in [-0.3, -0.25) is 4.79 Å². The molecule has 1 aromatic heterocycles. The number of benzene rings is 1. The van der Waals surface area contributed by atoms with Gasteiger partial charge in [0.1, 0.15) is 0 Å². The third-order valence-electron chi connectivity index (χ3n) is 4.39. The summed E-state index contributed by atoms with van der Waals surface area (Å²) in [6.07, 6.45) is 3.28. The average molecular weight is 405 g/mol. The molecular formula is C19H23N3O5S. The number of nitrogens with zero attached hydrogens (tertiary/aromatic N) is 1. The number of aromatic nitrogens is 1. The molecule has 9 heteroatoms. The summed E-state index contributed by atoms with van der Waals surface area (Å²) < 4.78 is 37.9. The molecule has 1 saturated heterocycles. The zero-order valence-corrected chi connectivity index (χ0v) is 16.4. The molecule has 1 aliphatic rings. The van der Waals surface area contributed by atoms with E-state index < -0.39 is 10.0 Å². The standard InChI is InChI=1S/C19H23N3O5S/c1-26-18-8-7-14(11-20-18)12-21-19(23)15-4-2-6-17(10-15)28(24,25)22-13-16-5-3-9-27-16/h2,4,6-8,10-11,16,22H,3,5,9,12-13H2,1H3,(H,21,23). The highest BCUT2D eigenvalue weighted by atomic mass is 32.2. The van der Waals surface area contributed by atoms with Gasteiger partial charge in [-0.15, -0.1) is 0 Å². The number of hydrogen-bond acceptors (Lipinski definition) is 6. The van der Waals surface area contributed by atoms with Crippen molar-refractivity contribution in [3.8, 4) is 5.88 Å². The first-order valence-corrected chi connectivity index (χ1v) is 10.4. The molecule has 1 fully saturated rings. The molecule has 0 bridgehead atoms. The monoisotopic (exact) mass is 405 g/mol. The number of rotatable bonds is 8. The van der Waals surface area contributed by atoms with Gasteiger partial charge in [-0.1, -0.05) is 12.1 Å². The summed E-state index contributed by atoms with van der Waals surface area (Å²) in [7, 11) is -2.18. The third-order valence-corrected chi connectivity index (χ3v) is 5.81. The van der Waals surface area contributed by atoms with Crippen molar-refractivity contribution in [2.24, 2.45) is 0 Å². The van der Waals surface area contributed by atoms with Gasteiger partial charge in [0.2, 0.25) is 15.9 Å². The van der Waals surface area contributed by atoms with Crippen molar-refractivity contribution in [3.63, 3.8) is 0 Å². The van der Waals surface area contributed by atoms with Crippen LogP contribution in [0.3, 0.4) is 0 Å². The van der Waals surface area contributed by atoms with E-state index in [2.05, 4.69) is 15.0 Å². The Balaban J connectivity index is 1.61. The fraction of sp³-hybridized carbons (Fsp3) is 0.368. The van der Waals surface area contributed by atoms with E-state index in [1.54, 1.807) is 30.5 Å². The maximum atomic E-state index is 12.5. The fourth-order valence-corrected chi connectivity index (χ4v) is 3.93. The van der Waals surface area contributed by atoms with Crippen molar-refractivity contribution in [3.05, 3.63) is 53.7 Å². The number of nitrogens with one attached hydrogen (secondary N) is 2. The lowest BCUT2D eigenvalue weighted by atomic mass is 10.2. The SMILES string of the molecule is COc1ccc(CNC(=O)c2cccc(S(=O)(=O)NCC3CCCO3)c2)cn1. The Kier molecular flexibility index (Phi) is 6.61. The van der Waals surface area contributed by atoms with Crippen LogP contribution in [0.4, 0.5) is 0 Å². The summed E-state index contributed by atoms with van der Waals surface area (Å²) in [5.74, 6) is 0.121. The van der Waals surface area contributed by atoms with E-state index in [1.165, 1.54) is 19.2 Å². The molecule has 3 rings (SSSR count). The summed E-state index contributed by atoms with van der Waals surface area (Å²) in [5.41, 5.74) is 1.07. The quantitative estimate of drug-likeness (QED) is 0.689. The van der Waals surface area contributed by atoms with E-state index in [9.17, 15) is 13.2 Å². The first-order chi connectivity index (χ1) is 13.5. The van der Waals surface area contributed by atoms with Gasteiger partial charge < -0.3 is 14.8 Å². The van der Waals surface area contributed by atoms with Gasteiger partial charge >= 0.3 is 0 Å². The first kappa shape index (κ1) is 20.2. The van der Waals surface area contributed by atoms with Crippen molar-refractivity contribution in [1.82, 2.24) is 15.0 Å². The van der Waals surface area contributed by atoms with Gasteiger partial charge in [0.05, 0.1) is 18.1 Å². The molecule has 8 nitrogen and oxygen atoms in total. The number of carbonyl (C=O) groups excluding carboxylic acids is 1. The van der Waals surface area contributed by atoms with E-state index >= 15 is 0 Å². The maximum Gasteiger partial charge on any atom is 0.251 e. The van der Waals surface area contributed by atoms with Gasteiger partial charge in [-0.05, 0) is 36.6 Å². The minimum absolute atomic E-state index is 0.0456. The maximum absolute atomic E-state index is 12.5. The number of hydrogen-bond donors (Lipinski definition) is 2. The Morgan fingerprint density at radius 1 is 1.32 bits per heavy atom. The molecule has 2 heterocycles. The van der Waals surface area contributed by atoms with Gasteiger partial charge in [-0.2, -0.15) is 0 Å². The van der Waals surface area contributed by atoms with Crippen LogP contribution in [-0.4, -0.2) is 45.7 Å². The van der Waals surface area contributed by atoms with Crippen LogP contribution in [0.1, 0.15) is 28.8 Å². The lowest BCUT2D eigenvalue weighted by molar-refractivity contribution is 0.0950. The predicted molar refractivity (Wildman–Crippen MR) is 103 cm³/mol. The number of amides is 1. The molecule has 1 amide bonds. The fourth-order valence-electron chi connectivity index (χ4n) is 2.82. The second-order valence-corrected chi connectivity index (χ2v) is 8.17. The van der Waals surface area contributed by atoms with Crippen LogP contribution in [0.25, 0.3) is 0 Å². The molecule has 1 aromatic carbocycles. The van der Waals surface area contributed by atoms with Crippen molar-refractivity contribution in [2.45, 2.75) is 30.4 Å². The summed E-state index contributed by atoms with van der Waals surface area (Å²) in [6.45, 7) is 1.15. The van der Waals surface area contributed by atoms with Crippen molar-refractivity contribution >= 4 is 15.9 Å². The number of methoxy groups -OCH3 is 1. The van der Waals surface area contributed by atoms with Crippen molar-refractivity contribution in [1.29, 1.82) is 0 Å². The van der Waals surface area contributed by atoms with Gasteiger partial charge in [0, 0.05) is 37.5 Å². The van der Waals surface area contributed by atoms with E-state index in [0.29, 0.717) is 12.5 Å². The highest BCUT2D eigenvalue weighted by molar-refractivity contribution is 7.89. The van der Waals surface area contributed by atoms with Crippen LogP contribution in [0.2, 0.25) is 0 Å². The van der Waals surface area contributed by atoms with Crippen molar-refractivity contribution < 1.29 is 22.7 Å². The lowest BCUT2D eigenvalue weighted by Crippen LogP contribution is -2.32. The van der Waals surface area contributed by atoms with Crippen LogP contribution in [0.15, 0.2) is 47.5 Å². The normalized spacial score (nSPS) is 16.7. The van der Waals surface area contributed by atoms with Crippen molar-refractivity contribution in [2.75, 3.05) is 20.3 Å².